The number of allylic oxidation sites excluding steroid dienone is 1. The summed E-state index contributed by atoms with van der Waals surface area (Å²) in [6, 6.07) is 9.71. The average Bonchev–Trinajstić information content (AvgIpc) is 2.30. The van der Waals surface area contributed by atoms with Crippen molar-refractivity contribution in [3.05, 3.63) is 48.6 Å². The van der Waals surface area contributed by atoms with Crippen LogP contribution >= 0.6 is 0 Å². The van der Waals surface area contributed by atoms with Crippen LogP contribution in [-0.4, -0.2) is 28.0 Å². The highest BCUT2D eigenvalue weighted by atomic mass is 16.5. The van der Waals surface area contributed by atoms with Crippen molar-refractivity contribution in [3.8, 4) is 0 Å². The minimum Gasteiger partial charge on any atom is -0.392 e. The molecule has 1 aromatic carbocycles. The van der Waals surface area contributed by atoms with Gasteiger partial charge in [-0.25, -0.2) is 0 Å². The molecule has 1 rings (SSSR count). The SMILES string of the molecule is C=CCCCC(O)CN(O)Cc1ccccc1. The monoisotopic (exact) mass is 235 g/mol. The van der Waals surface area contributed by atoms with Gasteiger partial charge in [-0.2, -0.15) is 5.06 Å². The Morgan fingerprint density at radius 2 is 2.00 bits per heavy atom. The highest BCUT2D eigenvalue weighted by molar-refractivity contribution is 5.14. The molecule has 0 aliphatic heterocycles. The third-order valence-electron chi connectivity index (χ3n) is 2.58. The summed E-state index contributed by atoms with van der Waals surface area (Å²) in [5.41, 5.74) is 1.04. The van der Waals surface area contributed by atoms with Crippen LogP contribution in [0.3, 0.4) is 0 Å². The molecule has 0 bridgehead atoms. The summed E-state index contributed by atoms with van der Waals surface area (Å²) in [5, 5.41) is 20.5. The second-order valence-corrected chi connectivity index (χ2v) is 4.21. The Hall–Kier alpha value is -1.16. The van der Waals surface area contributed by atoms with Gasteiger partial charge in [-0.3, -0.25) is 0 Å². The van der Waals surface area contributed by atoms with Crippen LogP contribution in [-0.2, 0) is 6.54 Å². The van der Waals surface area contributed by atoms with Gasteiger partial charge in [-0.15, -0.1) is 6.58 Å². The van der Waals surface area contributed by atoms with E-state index in [0.717, 1.165) is 23.5 Å². The second kappa shape index (κ2) is 8.01. The summed E-state index contributed by atoms with van der Waals surface area (Å²) in [4.78, 5) is 0. The smallest absolute Gasteiger partial charge is 0.0690 e. The predicted molar refractivity (Wildman–Crippen MR) is 68.7 cm³/mol. The van der Waals surface area contributed by atoms with E-state index in [1.54, 1.807) is 0 Å². The van der Waals surface area contributed by atoms with Crippen LogP contribution in [0.4, 0.5) is 0 Å². The number of aliphatic hydroxyl groups is 1. The van der Waals surface area contributed by atoms with Crippen molar-refractivity contribution in [2.75, 3.05) is 6.54 Å². The lowest BCUT2D eigenvalue weighted by atomic mass is 10.1. The van der Waals surface area contributed by atoms with Gasteiger partial charge in [0.2, 0.25) is 0 Å². The maximum Gasteiger partial charge on any atom is 0.0690 e. The highest BCUT2D eigenvalue weighted by Crippen LogP contribution is 2.06. The van der Waals surface area contributed by atoms with Gasteiger partial charge in [0.25, 0.3) is 0 Å². The van der Waals surface area contributed by atoms with Gasteiger partial charge >= 0.3 is 0 Å². The van der Waals surface area contributed by atoms with Crippen LogP contribution in [0.5, 0.6) is 0 Å². The number of hydrogen-bond donors (Lipinski definition) is 2. The van der Waals surface area contributed by atoms with E-state index in [-0.39, 0.29) is 6.54 Å². The molecule has 0 saturated heterocycles. The molecule has 2 N–H and O–H groups in total. The fourth-order valence-electron chi connectivity index (χ4n) is 1.69. The zero-order valence-corrected chi connectivity index (χ0v) is 10.1. The Bertz CT molecular complexity index is 313. The van der Waals surface area contributed by atoms with Gasteiger partial charge in [0.05, 0.1) is 12.6 Å². The van der Waals surface area contributed by atoms with E-state index < -0.39 is 6.10 Å². The Balaban J connectivity index is 2.24. The molecule has 94 valence electrons. The number of unbranched alkanes of at least 4 members (excludes halogenated alkanes) is 1. The molecule has 1 atom stereocenters. The van der Waals surface area contributed by atoms with Crippen molar-refractivity contribution >= 4 is 0 Å². The van der Waals surface area contributed by atoms with Crippen LogP contribution in [0.2, 0.25) is 0 Å². The molecular formula is C14H21NO2. The third kappa shape index (κ3) is 6.22. The van der Waals surface area contributed by atoms with Crippen molar-refractivity contribution in [2.45, 2.75) is 31.9 Å². The van der Waals surface area contributed by atoms with E-state index >= 15 is 0 Å². The lowest BCUT2D eigenvalue weighted by molar-refractivity contribution is -0.122. The molecule has 3 nitrogen and oxygen atoms in total. The molecule has 17 heavy (non-hydrogen) atoms. The number of rotatable bonds is 8. The quantitative estimate of drug-likeness (QED) is 0.413. The Kier molecular flexibility index (Phi) is 6.55. The molecule has 0 radical (unpaired) electrons. The first-order chi connectivity index (χ1) is 8.22. The third-order valence-corrected chi connectivity index (χ3v) is 2.58. The van der Waals surface area contributed by atoms with Crippen LogP contribution < -0.4 is 0 Å². The van der Waals surface area contributed by atoms with E-state index in [9.17, 15) is 10.3 Å². The fourth-order valence-corrected chi connectivity index (χ4v) is 1.69. The summed E-state index contributed by atoms with van der Waals surface area (Å²) < 4.78 is 0. The van der Waals surface area contributed by atoms with Crippen molar-refractivity contribution in [1.29, 1.82) is 0 Å². The van der Waals surface area contributed by atoms with Gasteiger partial charge in [0.1, 0.15) is 0 Å². The number of nitrogens with zero attached hydrogens (tertiary/aromatic N) is 1. The van der Waals surface area contributed by atoms with Crippen LogP contribution in [0.15, 0.2) is 43.0 Å². The van der Waals surface area contributed by atoms with Crippen molar-refractivity contribution in [1.82, 2.24) is 5.06 Å². The first-order valence-corrected chi connectivity index (χ1v) is 5.99. The van der Waals surface area contributed by atoms with Crippen LogP contribution in [0, 0.1) is 0 Å². The van der Waals surface area contributed by atoms with Crippen LogP contribution in [0.1, 0.15) is 24.8 Å². The first kappa shape index (κ1) is 13.9. The van der Waals surface area contributed by atoms with Crippen molar-refractivity contribution < 1.29 is 10.3 Å². The molecule has 0 amide bonds. The summed E-state index contributed by atoms with van der Waals surface area (Å²) in [6.07, 6.45) is 3.86. The van der Waals surface area contributed by atoms with Crippen molar-refractivity contribution in [3.63, 3.8) is 0 Å². The lowest BCUT2D eigenvalue weighted by Crippen LogP contribution is -2.29. The average molecular weight is 235 g/mol. The summed E-state index contributed by atoms with van der Waals surface area (Å²) in [5.74, 6) is 0. The number of benzene rings is 1. The zero-order valence-electron chi connectivity index (χ0n) is 10.1. The van der Waals surface area contributed by atoms with E-state index in [0.29, 0.717) is 13.0 Å². The maximum atomic E-state index is 9.69. The van der Waals surface area contributed by atoms with E-state index in [2.05, 4.69) is 6.58 Å². The summed E-state index contributed by atoms with van der Waals surface area (Å²) in [7, 11) is 0. The van der Waals surface area contributed by atoms with Gasteiger partial charge in [0.15, 0.2) is 0 Å². The molecule has 0 heterocycles. The van der Waals surface area contributed by atoms with E-state index in [1.165, 1.54) is 0 Å². The zero-order chi connectivity index (χ0) is 12.5. The highest BCUT2D eigenvalue weighted by Gasteiger charge is 2.09. The molecule has 0 fully saturated rings. The normalized spacial score (nSPS) is 12.6. The van der Waals surface area contributed by atoms with Crippen molar-refractivity contribution in [2.24, 2.45) is 0 Å². The van der Waals surface area contributed by atoms with Gasteiger partial charge in [0, 0.05) is 6.54 Å². The molecule has 0 spiro atoms. The maximum absolute atomic E-state index is 9.69. The Morgan fingerprint density at radius 3 is 2.65 bits per heavy atom. The van der Waals surface area contributed by atoms with E-state index in [4.69, 9.17) is 0 Å². The number of aliphatic hydroxyl groups excluding tert-OH is 1. The fraction of sp³-hybridized carbons (Fsp3) is 0.429. The molecule has 0 saturated carbocycles. The predicted octanol–water partition coefficient (Wildman–Crippen LogP) is 2.60. The minimum absolute atomic E-state index is 0.284. The van der Waals surface area contributed by atoms with Crippen LogP contribution in [0.25, 0.3) is 0 Å². The Labute approximate surface area is 103 Å². The molecule has 0 aliphatic rings. The number of hydroxylamine groups is 2. The summed E-state index contributed by atoms with van der Waals surface area (Å²) >= 11 is 0. The first-order valence-electron chi connectivity index (χ1n) is 5.99. The molecule has 0 aliphatic carbocycles. The van der Waals surface area contributed by atoms with E-state index in [1.807, 2.05) is 36.4 Å². The van der Waals surface area contributed by atoms with Gasteiger partial charge < -0.3 is 10.3 Å². The molecule has 3 heteroatoms. The van der Waals surface area contributed by atoms with Gasteiger partial charge in [-0.05, 0) is 24.8 Å². The molecule has 1 unspecified atom stereocenters. The molecule has 0 aromatic heterocycles. The largest absolute Gasteiger partial charge is 0.392 e. The summed E-state index contributed by atoms with van der Waals surface area (Å²) in [6.45, 7) is 4.36. The lowest BCUT2D eigenvalue weighted by Gasteiger charge is -2.18. The van der Waals surface area contributed by atoms with Gasteiger partial charge in [-0.1, -0.05) is 36.4 Å². The standard InChI is InChI=1S/C14H21NO2/c1-2-3-5-10-14(16)12-15(17)11-13-8-6-4-7-9-13/h2,4,6-9,14,16-17H,1,3,5,10-12H2. The minimum atomic E-state index is -0.483. The second-order valence-electron chi connectivity index (χ2n) is 4.21. The molecular weight excluding hydrogens is 214 g/mol. The molecule has 1 aromatic rings. The topological polar surface area (TPSA) is 43.7 Å². The number of hydrogen-bond acceptors (Lipinski definition) is 3. The Morgan fingerprint density at radius 1 is 1.29 bits per heavy atom.